The van der Waals surface area contributed by atoms with E-state index in [4.69, 9.17) is 9.63 Å². The highest BCUT2D eigenvalue weighted by atomic mass is 16.5. The number of aliphatic carboxylic acids is 1. The summed E-state index contributed by atoms with van der Waals surface area (Å²) in [7, 11) is 0. The minimum Gasteiger partial charge on any atom is -0.481 e. The number of aromatic nitrogens is 1. The van der Waals surface area contributed by atoms with Gasteiger partial charge in [-0.15, -0.1) is 0 Å². The van der Waals surface area contributed by atoms with E-state index >= 15 is 0 Å². The number of nitrogens with one attached hydrogen (secondary N) is 1. The van der Waals surface area contributed by atoms with E-state index in [1.165, 1.54) is 6.20 Å². The highest BCUT2D eigenvalue weighted by Gasteiger charge is 2.17. The Morgan fingerprint density at radius 1 is 1.40 bits per heavy atom. The van der Waals surface area contributed by atoms with E-state index in [2.05, 4.69) is 24.3 Å². The highest BCUT2D eigenvalue weighted by Crippen LogP contribution is 2.20. The van der Waals surface area contributed by atoms with Gasteiger partial charge < -0.3 is 14.9 Å². The molecule has 2 N–H and O–H groups in total. The van der Waals surface area contributed by atoms with Gasteiger partial charge in [-0.3, -0.25) is 9.59 Å². The second-order valence-corrected chi connectivity index (χ2v) is 5.32. The van der Waals surface area contributed by atoms with E-state index in [0.29, 0.717) is 24.4 Å². The van der Waals surface area contributed by atoms with Crippen molar-refractivity contribution in [2.45, 2.75) is 40.0 Å². The van der Waals surface area contributed by atoms with Gasteiger partial charge in [0.05, 0.1) is 6.20 Å². The van der Waals surface area contributed by atoms with Crippen LogP contribution in [0.3, 0.4) is 0 Å². The molecule has 0 saturated heterocycles. The number of rotatable bonds is 8. The quantitative estimate of drug-likeness (QED) is 0.762. The van der Waals surface area contributed by atoms with Crippen LogP contribution in [-0.2, 0) is 4.79 Å². The number of amides is 1. The second kappa shape index (κ2) is 7.67. The molecule has 0 fully saturated rings. The molecule has 0 saturated carbocycles. The van der Waals surface area contributed by atoms with Gasteiger partial charge in [-0.2, -0.15) is 0 Å². The van der Waals surface area contributed by atoms with Crippen molar-refractivity contribution in [1.82, 2.24) is 10.5 Å². The summed E-state index contributed by atoms with van der Waals surface area (Å²) in [5.74, 6) is -0.158. The molecule has 0 spiro atoms. The van der Waals surface area contributed by atoms with Crippen LogP contribution in [0.25, 0.3) is 0 Å². The first-order valence-corrected chi connectivity index (χ1v) is 6.83. The minimum atomic E-state index is -0.781. The van der Waals surface area contributed by atoms with Gasteiger partial charge >= 0.3 is 5.97 Å². The fourth-order valence-electron chi connectivity index (χ4n) is 2.08. The van der Waals surface area contributed by atoms with Crippen molar-refractivity contribution in [3.05, 3.63) is 17.5 Å². The predicted octanol–water partition coefficient (Wildman–Crippen LogP) is 2.24. The summed E-state index contributed by atoms with van der Waals surface area (Å²) in [6.07, 6.45) is 3.05. The number of carbonyl (C=O) groups is 2. The van der Waals surface area contributed by atoms with Crippen LogP contribution in [0.2, 0.25) is 0 Å². The summed E-state index contributed by atoms with van der Waals surface area (Å²) < 4.78 is 4.87. The Balaban J connectivity index is 2.38. The monoisotopic (exact) mass is 282 g/mol. The third-order valence-electron chi connectivity index (χ3n) is 3.43. The van der Waals surface area contributed by atoms with E-state index in [9.17, 15) is 9.59 Å². The zero-order valence-corrected chi connectivity index (χ0v) is 12.2. The van der Waals surface area contributed by atoms with Crippen LogP contribution < -0.4 is 5.32 Å². The molecule has 0 aliphatic rings. The van der Waals surface area contributed by atoms with E-state index in [-0.39, 0.29) is 24.0 Å². The molecule has 1 heterocycles. The van der Waals surface area contributed by atoms with E-state index in [0.717, 1.165) is 6.42 Å². The number of carboxylic acid groups (broad SMARTS) is 1. The molecule has 1 aromatic rings. The SMILES string of the molecule is Cc1cnoc1C(=O)NCCC(CCC(=O)O)C(C)C. The average Bonchev–Trinajstić information content (AvgIpc) is 2.78. The van der Waals surface area contributed by atoms with Crippen LogP contribution in [0.15, 0.2) is 10.7 Å². The Labute approximate surface area is 118 Å². The van der Waals surface area contributed by atoms with Crippen LogP contribution in [-0.4, -0.2) is 28.7 Å². The first-order chi connectivity index (χ1) is 9.41. The maximum absolute atomic E-state index is 11.8. The topological polar surface area (TPSA) is 92.4 Å². The molecule has 0 aromatic carbocycles. The molecular weight excluding hydrogens is 260 g/mol. The minimum absolute atomic E-state index is 0.165. The van der Waals surface area contributed by atoms with Crippen LogP contribution in [0.1, 0.15) is 49.2 Å². The third kappa shape index (κ3) is 5.03. The van der Waals surface area contributed by atoms with Crippen LogP contribution in [0.4, 0.5) is 0 Å². The van der Waals surface area contributed by atoms with Gasteiger partial charge in [0, 0.05) is 18.5 Å². The summed E-state index contributed by atoms with van der Waals surface area (Å²) in [5, 5.41) is 15.1. The molecule has 1 unspecified atom stereocenters. The van der Waals surface area contributed by atoms with E-state index in [1.54, 1.807) is 6.92 Å². The van der Waals surface area contributed by atoms with Gasteiger partial charge in [-0.25, -0.2) is 0 Å². The smallest absolute Gasteiger partial charge is 0.303 e. The van der Waals surface area contributed by atoms with Crippen molar-refractivity contribution >= 4 is 11.9 Å². The van der Waals surface area contributed by atoms with Crippen LogP contribution >= 0.6 is 0 Å². The number of aryl methyl sites for hydroxylation is 1. The van der Waals surface area contributed by atoms with Gasteiger partial charge in [0.1, 0.15) is 0 Å². The van der Waals surface area contributed by atoms with Crippen molar-refractivity contribution in [3.8, 4) is 0 Å². The van der Waals surface area contributed by atoms with Crippen molar-refractivity contribution in [2.75, 3.05) is 6.54 Å². The lowest BCUT2D eigenvalue weighted by Crippen LogP contribution is -2.27. The Kier molecular flexibility index (Phi) is 6.21. The first kappa shape index (κ1) is 16.2. The lowest BCUT2D eigenvalue weighted by Gasteiger charge is -2.20. The second-order valence-electron chi connectivity index (χ2n) is 5.32. The predicted molar refractivity (Wildman–Crippen MR) is 73.4 cm³/mol. The number of carbonyl (C=O) groups excluding carboxylic acids is 1. The van der Waals surface area contributed by atoms with Gasteiger partial charge in [-0.05, 0) is 31.6 Å². The molecule has 6 heteroatoms. The molecule has 0 aliphatic heterocycles. The van der Waals surface area contributed by atoms with Crippen LogP contribution in [0.5, 0.6) is 0 Å². The Morgan fingerprint density at radius 3 is 2.60 bits per heavy atom. The standard InChI is InChI=1S/C14H22N2O4/c1-9(2)11(4-5-12(17)18)6-7-15-14(19)13-10(3)8-16-20-13/h8-9,11H,4-7H2,1-3H3,(H,15,19)(H,17,18). The van der Waals surface area contributed by atoms with Gasteiger partial charge in [-0.1, -0.05) is 19.0 Å². The summed E-state index contributed by atoms with van der Waals surface area (Å²) >= 11 is 0. The molecule has 1 rings (SSSR count). The fourth-order valence-corrected chi connectivity index (χ4v) is 2.08. The van der Waals surface area contributed by atoms with Crippen molar-refractivity contribution in [1.29, 1.82) is 0 Å². The number of hydrogen-bond acceptors (Lipinski definition) is 4. The van der Waals surface area contributed by atoms with Crippen LogP contribution in [0, 0.1) is 18.8 Å². The third-order valence-corrected chi connectivity index (χ3v) is 3.43. The summed E-state index contributed by atoms with van der Waals surface area (Å²) in [6, 6.07) is 0. The molecule has 1 amide bonds. The Hall–Kier alpha value is -1.85. The Morgan fingerprint density at radius 2 is 2.10 bits per heavy atom. The molecule has 6 nitrogen and oxygen atoms in total. The molecule has 112 valence electrons. The number of carboxylic acids is 1. The number of hydrogen-bond donors (Lipinski definition) is 2. The lowest BCUT2D eigenvalue weighted by molar-refractivity contribution is -0.137. The largest absolute Gasteiger partial charge is 0.481 e. The summed E-state index contributed by atoms with van der Waals surface area (Å²) in [4.78, 5) is 22.4. The molecular formula is C14H22N2O4. The molecule has 0 aliphatic carbocycles. The molecule has 0 radical (unpaired) electrons. The van der Waals surface area contributed by atoms with Gasteiger partial charge in [0.25, 0.3) is 5.91 Å². The first-order valence-electron chi connectivity index (χ1n) is 6.83. The maximum Gasteiger partial charge on any atom is 0.303 e. The average molecular weight is 282 g/mol. The zero-order valence-electron chi connectivity index (χ0n) is 12.2. The van der Waals surface area contributed by atoms with Crippen molar-refractivity contribution in [3.63, 3.8) is 0 Å². The molecule has 1 atom stereocenters. The zero-order chi connectivity index (χ0) is 15.1. The van der Waals surface area contributed by atoms with Crippen molar-refractivity contribution in [2.24, 2.45) is 11.8 Å². The summed E-state index contributed by atoms with van der Waals surface area (Å²) in [5.41, 5.74) is 0.703. The highest BCUT2D eigenvalue weighted by molar-refractivity contribution is 5.92. The molecule has 0 bridgehead atoms. The van der Waals surface area contributed by atoms with Crippen molar-refractivity contribution < 1.29 is 19.2 Å². The normalized spacial score (nSPS) is 12.4. The molecule has 20 heavy (non-hydrogen) atoms. The Bertz CT molecular complexity index is 454. The lowest BCUT2D eigenvalue weighted by atomic mass is 9.88. The fraction of sp³-hybridized carbons (Fsp3) is 0.643. The van der Waals surface area contributed by atoms with E-state index < -0.39 is 5.97 Å². The summed E-state index contributed by atoms with van der Waals surface area (Å²) in [6.45, 7) is 6.39. The van der Waals surface area contributed by atoms with Gasteiger partial charge in [0.15, 0.2) is 0 Å². The molecule has 1 aromatic heterocycles. The number of nitrogens with zero attached hydrogens (tertiary/aromatic N) is 1. The maximum atomic E-state index is 11.8. The van der Waals surface area contributed by atoms with E-state index in [1.807, 2.05) is 0 Å². The van der Waals surface area contributed by atoms with Gasteiger partial charge in [0.2, 0.25) is 5.76 Å².